The Labute approximate surface area is 120 Å². The minimum Gasteiger partial charge on any atom is -0.399 e. The normalized spacial score (nSPS) is 15.3. The molecule has 0 atom stereocenters. The maximum atomic E-state index is 12.2. The van der Waals surface area contributed by atoms with Crippen LogP contribution in [0.4, 0.5) is 11.4 Å². The summed E-state index contributed by atoms with van der Waals surface area (Å²) in [4.78, 5) is 14.1. The zero-order chi connectivity index (χ0) is 14.5. The van der Waals surface area contributed by atoms with E-state index in [1.807, 2.05) is 23.1 Å². The van der Waals surface area contributed by atoms with Crippen molar-refractivity contribution in [2.45, 2.75) is 33.1 Å². The molecule has 2 rings (SSSR count). The van der Waals surface area contributed by atoms with Gasteiger partial charge in [-0.3, -0.25) is 4.79 Å². The summed E-state index contributed by atoms with van der Waals surface area (Å²) < 4.78 is 5.61. The van der Waals surface area contributed by atoms with E-state index in [0.717, 1.165) is 30.8 Å². The number of carbonyl (C=O) groups excluding carboxylic acids is 1. The molecule has 0 spiro atoms. The Morgan fingerprint density at radius 2 is 2.15 bits per heavy atom. The number of nitrogen functional groups attached to an aromatic ring is 1. The molecule has 0 fully saturated rings. The Morgan fingerprint density at radius 3 is 2.90 bits per heavy atom. The summed E-state index contributed by atoms with van der Waals surface area (Å²) in [5.74, 6) is 0.698. The van der Waals surface area contributed by atoms with E-state index in [-0.39, 0.29) is 5.91 Å². The predicted molar refractivity (Wildman–Crippen MR) is 81.8 cm³/mol. The standard InChI is InChI=1S/C16H24N2O2/c1-12(2)11-20-9-8-18-15-7-6-14(17)10-13(15)4-3-5-16(18)19/h6-7,10,12H,3-5,8-9,11,17H2,1-2H3. The van der Waals surface area contributed by atoms with Crippen LogP contribution in [0, 0.1) is 5.92 Å². The lowest BCUT2D eigenvalue weighted by Crippen LogP contribution is -2.33. The van der Waals surface area contributed by atoms with Crippen molar-refractivity contribution in [3.63, 3.8) is 0 Å². The average molecular weight is 276 g/mol. The number of benzene rings is 1. The number of nitrogens with zero attached hydrogens (tertiary/aromatic N) is 1. The highest BCUT2D eigenvalue weighted by atomic mass is 16.5. The number of aryl methyl sites for hydroxylation is 1. The molecule has 110 valence electrons. The lowest BCUT2D eigenvalue weighted by molar-refractivity contribution is -0.118. The predicted octanol–water partition coefficient (Wildman–Crippen LogP) is 2.61. The summed E-state index contributed by atoms with van der Waals surface area (Å²) in [6.07, 6.45) is 2.40. The quantitative estimate of drug-likeness (QED) is 0.664. The van der Waals surface area contributed by atoms with Crippen LogP contribution in [-0.2, 0) is 16.0 Å². The van der Waals surface area contributed by atoms with Crippen LogP contribution in [0.25, 0.3) is 0 Å². The summed E-state index contributed by atoms with van der Waals surface area (Å²) in [5.41, 5.74) is 8.76. The molecular formula is C16H24N2O2. The molecule has 0 aliphatic carbocycles. The molecule has 2 N–H and O–H groups in total. The summed E-state index contributed by atoms with van der Waals surface area (Å²) in [5, 5.41) is 0. The largest absolute Gasteiger partial charge is 0.399 e. The fourth-order valence-corrected chi connectivity index (χ4v) is 2.49. The summed E-state index contributed by atoms with van der Waals surface area (Å²) in [7, 11) is 0. The Kier molecular flexibility index (Phi) is 5.01. The van der Waals surface area contributed by atoms with Crippen molar-refractivity contribution in [3.8, 4) is 0 Å². The smallest absolute Gasteiger partial charge is 0.227 e. The first-order valence-corrected chi connectivity index (χ1v) is 7.34. The minimum absolute atomic E-state index is 0.182. The number of amides is 1. The molecule has 1 aromatic carbocycles. The zero-order valence-electron chi connectivity index (χ0n) is 12.4. The molecule has 1 heterocycles. The molecule has 1 aliphatic heterocycles. The molecule has 1 aliphatic rings. The highest BCUT2D eigenvalue weighted by molar-refractivity contribution is 5.95. The van der Waals surface area contributed by atoms with Crippen LogP contribution >= 0.6 is 0 Å². The molecule has 0 aromatic heterocycles. The number of nitrogens with two attached hydrogens (primary N) is 1. The molecule has 1 aromatic rings. The first-order chi connectivity index (χ1) is 9.58. The van der Waals surface area contributed by atoms with E-state index in [2.05, 4.69) is 13.8 Å². The molecule has 0 saturated heterocycles. The molecule has 0 unspecified atom stereocenters. The van der Waals surface area contributed by atoms with Crippen LogP contribution in [-0.4, -0.2) is 25.7 Å². The van der Waals surface area contributed by atoms with E-state index in [4.69, 9.17) is 10.5 Å². The van der Waals surface area contributed by atoms with Crippen LogP contribution in [0.2, 0.25) is 0 Å². The van der Waals surface area contributed by atoms with Crippen molar-refractivity contribution in [2.24, 2.45) is 5.92 Å². The Morgan fingerprint density at radius 1 is 1.35 bits per heavy atom. The topological polar surface area (TPSA) is 55.6 Å². The van der Waals surface area contributed by atoms with Gasteiger partial charge >= 0.3 is 0 Å². The van der Waals surface area contributed by atoms with Gasteiger partial charge in [0.15, 0.2) is 0 Å². The van der Waals surface area contributed by atoms with Crippen molar-refractivity contribution < 1.29 is 9.53 Å². The van der Waals surface area contributed by atoms with E-state index in [9.17, 15) is 4.79 Å². The van der Waals surface area contributed by atoms with E-state index in [0.29, 0.717) is 25.5 Å². The Balaban J connectivity index is 2.08. The fraction of sp³-hybridized carbons (Fsp3) is 0.562. The second-order valence-electron chi connectivity index (χ2n) is 5.76. The Hall–Kier alpha value is -1.55. The van der Waals surface area contributed by atoms with Crippen molar-refractivity contribution in [1.29, 1.82) is 0 Å². The van der Waals surface area contributed by atoms with Crippen molar-refractivity contribution in [1.82, 2.24) is 0 Å². The summed E-state index contributed by atoms with van der Waals surface area (Å²) in [6, 6.07) is 5.80. The van der Waals surface area contributed by atoms with Gasteiger partial charge in [-0.05, 0) is 42.5 Å². The highest BCUT2D eigenvalue weighted by Gasteiger charge is 2.21. The van der Waals surface area contributed by atoms with Crippen LogP contribution in [0.15, 0.2) is 18.2 Å². The second-order valence-corrected chi connectivity index (χ2v) is 5.76. The molecule has 0 bridgehead atoms. The minimum atomic E-state index is 0.182. The Bertz CT molecular complexity index is 472. The second kappa shape index (κ2) is 6.75. The molecular weight excluding hydrogens is 252 g/mol. The van der Waals surface area contributed by atoms with Crippen LogP contribution in [0.5, 0.6) is 0 Å². The van der Waals surface area contributed by atoms with E-state index in [1.54, 1.807) is 0 Å². The molecule has 20 heavy (non-hydrogen) atoms. The van der Waals surface area contributed by atoms with Crippen molar-refractivity contribution in [2.75, 3.05) is 30.4 Å². The number of anilines is 2. The molecule has 4 heteroatoms. The maximum absolute atomic E-state index is 12.2. The van der Waals surface area contributed by atoms with Gasteiger partial charge in [0.1, 0.15) is 0 Å². The average Bonchev–Trinajstić information content (AvgIpc) is 2.53. The zero-order valence-corrected chi connectivity index (χ0v) is 12.4. The van der Waals surface area contributed by atoms with Crippen LogP contribution in [0.3, 0.4) is 0 Å². The van der Waals surface area contributed by atoms with Gasteiger partial charge in [0.2, 0.25) is 5.91 Å². The lowest BCUT2D eigenvalue weighted by atomic mass is 10.1. The van der Waals surface area contributed by atoms with Crippen molar-refractivity contribution in [3.05, 3.63) is 23.8 Å². The number of ether oxygens (including phenoxy) is 1. The van der Waals surface area contributed by atoms with Gasteiger partial charge in [-0.2, -0.15) is 0 Å². The molecule has 4 nitrogen and oxygen atoms in total. The third-order valence-corrected chi connectivity index (χ3v) is 3.44. The summed E-state index contributed by atoms with van der Waals surface area (Å²) >= 11 is 0. The van der Waals surface area contributed by atoms with Gasteiger partial charge < -0.3 is 15.4 Å². The van der Waals surface area contributed by atoms with Gasteiger partial charge in [-0.1, -0.05) is 13.8 Å². The SMILES string of the molecule is CC(C)COCCN1C(=O)CCCc2cc(N)ccc21. The third kappa shape index (κ3) is 3.73. The van der Waals surface area contributed by atoms with Gasteiger partial charge in [-0.25, -0.2) is 0 Å². The molecule has 1 amide bonds. The van der Waals surface area contributed by atoms with Crippen molar-refractivity contribution >= 4 is 17.3 Å². The van der Waals surface area contributed by atoms with Gasteiger partial charge in [0.25, 0.3) is 0 Å². The lowest BCUT2D eigenvalue weighted by Gasteiger charge is -2.23. The van der Waals surface area contributed by atoms with Crippen LogP contribution in [0.1, 0.15) is 32.3 Å². The molecule has 0 radical (unpaired) electrons. The molecule has 0 saturated carbocycles. The first-order valence-electron chi connectivity index (χ1n) is 7.34. The van der Waals surface area contributed by atoms with Gasteiger partial charge in [-0.15, -0.1) is 0 Å². The number of hydrogen-bond donors (Lipinski definition) is 1. The first kappa shape index (κ1) is 14.9. The van der Waals surface area contributed by atoms with Gasteiger partial charge in [0, 0.05) is 30.9 Å². The third-order valence-electron chi connectivity index (χ3n) is 3.44. The fourth-order valence-electron chi connectivity index (χ4n) is 2.49. The van der Waals surface area contributed by atoms with E-state index >= 15 is 0 Å². The van der Waals surface area contributed by atoms with E-state index < -0.39 is 0 Å². The summed E-state index contributed by atoms with van der Waals surface area (Å²) in [6.45, 7) is 6.16. The number of carbonyl (C=O) groups is 1. The van der Waals surface area contributed by atoms with Gasteiger partial charge in [0.05, 0.1) is 6.61 Å². The number of rotatable bonds is 5. The number of hydrogen-bond acceptors (Lipinski definition) is 3. The number of fused-ring (bicyclic) bond motifs is 1. The highest BCUT2D eigenvalue weighted by Crippen LogP contribution is 2.28. The van der Waals surface area contributed by atoms with E-state index in [1.165, 1.54) is 5.56 Å². The maximum Gasteiger partial charge on any atom is 0.227 e. The van der Waals surface area contributed by atoms with Crippen LogP contribution < -0.4 is 10.6 Å². The monoisotopic (exact) mass is 276 g/mol.